The molecule has 6 rings (SSSR count). The Morgan fingerprint density at radius 2 is 1.80 bits per heavy atom. The average Bonchev–Trinajstić information content (AvgIpc) is 3.58. The van der Waals surface area contributed by atoms with Crippen LogP contribution >= 0.6 is 0 Å². The van der Waals surface area contributed by atoms with Crippen molar-refractivity contribution in [2.24, 2.45) is 5.92 Å². The van der Waals surface area contributed by atoms with E-state index in [2.05, 4.69) is 4.98 Å². The van der Waals surface area contributed by atoms with Crippen LogP contribution in [0.2, 0.25) is 0 Å². The van der Waals surface area contributed by atoms with Crippen molar-refractivity contribution in [1.29, 1.82) is 0 Å². The number of amides is 2. The number of hydrogen-bond acceptors (Lipinski definition) is 6. The summed E-state index contributed by atoms with van der Waals surface area (Å²) in [6.07, 6.45) is 7.96. The lowest BCUT2D eigenvalue weighted by Crippen LogP contribution is -2.31. The van der Waals surface area contributed by atoms with Crippen LogP contribution in [0.15, 0.2) is 71.9 Å². The van der Waals surface area contributed by atoms with Gasteiger partial charge in [0.25, 0.3) is 10.0 Å². The zero-order valence-corrected chi connectivity index (χ0v) is 24.1. The van der Waals surface area contributed by atoms with Gasteiger partial charge in [-0.1, -0.05) is 30.5 Å². The molecule has 10 heteroatoms. The number of carbonyl (C=O) groups is 1. The highest BCUT2D eigenvalue weighted by Gasteiger charge is 2.31. The van der Waals surface area contributed by atoms with Gasteiger partial charge in [0.2, 0.25) is 0 Å². The Bertz CT molecular complexity index is 1680. The Kier molecular flexibility index (Phi) is 7.33. The molecule has 1 aliphatic heterocycles. The zero-order valence-electron chi connectivity index (χ0n) is 23.3. The molecule has 9 nitrogen and oxygen atoms in total. The molecule has 0 atom stereocenters. The first-order valence-electron chi connectivity index (χ1n) is 14.0. The van der Waals surface area contributed by atoms with E-state index in [1.54, 1.807) is 53.4 Å². The van der Waals surface area contributed by atoms with Crippen molar-refractivity contribution >= 4 is 32.8 Å². The van der Waals surface area contributed by atoms with E-state index in [9.17, 15) is 13.2 Å². The molecule has 0 radical (unpaired) electrons. The van der Waals surface area contributed by atoms with E-state index in [1.807, 2.05) is 31.2 Å². The van der Waals surface area contributed by atoms with E-state index < -0.39 is 10.0 Å². The predicted molar refractivity (Wildman–Crippen MR) is 157 cm³/mol. The first-order valence-corrected chi connectivity index (χ1v) is 15.4. The summed E-state index contributed by atoms with van der Waals surface area (Å²) < 4.78 is 39.4. The molecular formula is C31H34N4O5S. The molecule has 0 N–H and O–H groups in total. The number of pyridine rings is 1. The van der Waals surface area contributed by atoms with Crippen molar-refractivity contribution < 1.29 is 22.7 Å². The van der Waals surface area contributed by atoms with Crippen LogP contribution in [-0.4, -0.2) is 55.1 Å². The van der Waals surface area contributed by atoms with E-state index in [1.165, 1.54) is 29.4 Å². The van der Waals surface area contributed by atoms with Crippen molar-refractivity contribution in [3.63, 3.8) is 0 Å². The Hall–Kier alpha value is -4.05. The van der Waals surface area contributed by atoms with Crippen molar-refractivity contribution in [2.45, 2.75) is 44.0 Å². The standard InChI is InChI=1S/C31H34N4O5S/c1-22-5-10-26(11-6-22)41(37,38)35-16-14-27-24(13-15-32-30(27)35)21-33-17-18-34(31(33)36)25-9-12-28(39-2)29(20-25)40-19-3-4-23-7-8-23/h5-6,9-16,20,23H,3-4,7-8,17-19,21H2,1-2H3. The molecule has 1 saturated heterocycles. The largest absolute Gasteiger partial charge is 0.493 e. The van der Waals surface area contributed by atoms with Gasteiger partial charge in [-0.3, -0.25) is 4.90 Å². The second-order valence-corrected chi connectivity index (χ2v) is 12.6. The number of fused-ring (bicyclic) bond motifs is 1. The Morgan fingerprint density at radius 3 is 2.56 bits per heavy atom. The number of anilines is 1. The number of aromatic nitrogens is 2. The minimum atomic E-state index is -3.82. The third-order valence-corrected chi connectivity index (χ3v) is 9.53. The summed E-state index contributed by atoms with van der Waals surface area (Å²) in [6, 6.07) is 15.8. The molecule has 2 aromatic carbocycles. The first kappa shape index (κ1) is 27.1. The average molecular weight is 575 g/mol. The van der Waals surface area contributed by atoms with Crippen molar-refractivity contribution in [3.8, 4) is 11.5 Å². The first-order chi connectivity index (χ1) is 19.8. The molecule has 2 fully saturated rings. The second kappa shape index (κ2) is 11.1. The zero-order chi connectivity index (χ0) is 28.6. The number of methoxy groups -OCH3 is 1. The Labute approximate surface area is 240 Å². The molecule has 3 heterocycles. The van der Waals surface area contributed by atoms with Gasteiger partial charge in [-0.2, -0.15) is 0 Å². The normalized spacial score (nSPS) is 15.6. The molecule has 41 heavy (non-hydrogen) atoms. The van der Waals surface area contributed by atoms with Gasteiger partial charge in [0.05, 0.1) is 18.6 Å². The number of ether oxygens (including phenoxy) is 2. The van der Waals surface area contributed by atoms with Gasteiger partial charge in [0.1, 0.15) is 0 Å². The summed E-state index contributed by atoms with van der Waals surface area (Å²) in [5.41, 5.74) is 2.90. The highest BCUT2D eigenvalue weighted by atomic mass is 32.2. The molecule has 0 bridgehead atoms. The van der Waals surface area contributed by atoms with Crippen molar-refractivity contribution in [1.82, 2.24) is 13.9 Å². The smallest absolute Gasteiger partial charge is 0.324 e. The molecular weight excluding hydrogens is 540 g/mol. The number of rotatable bonds is 11. The molecule has 4 aromatic rings. The molecule has 2 aliphatic rings. The minimum absolute atomic E-state index is 0.119. The maximum atomic E-state index is 13.5. The number of aryl methyl sites for hydroxylation is 1. The van der Waals surface area contributed by atoms with Crippen LogP contribution in [0.25, 0.3) is 11.0 Å². The van der Waals surface area contributed by atoms with Gasteiger partial charge < -0.3 is 14.4 Å². The lowest BCUT2D eigenvalue weighted by atomic mass is 10.2. The molecule has 214 valence electrons. The fourth-order valence-corrected chi connectivity index (χ4v) is 6.61. The maximum Gasteiger partial charge on any atom is 0.324 e. The fourth-order valence-electron chi connectivity index (χ4n) is 5.31. The summed E-state index contributed by atoms with van der Waals surface area (Å²) in [6.45, 7) is 3.93. The number of benzene rings is 2. The van der Waals surface area contributed by atoms with Gasteiger partial charge in [0.15, 0.2) is 17.1 Å². The van der Waals surface area contributed by atoms with E-state index in [0.29, 0.717) is 48.8 Å². The van der Waals surface area contributed by atoms with Crippen LogP contribution in [0.5, 0.6) is 11.5 Å². The van der Waals surface area contributed by atoms with Crippen molar-refractivity contribution in [2.75, 3.05) is 31.7 Å². The maximum absolute atomic E-state index is 13.5. The number of nitrogens with zero attached hydrogens (tertiary/aromatic N) is 4. The molecule has 1 aliphatic carbocycles. The van der Waals surface area contributed by atoms with Crippen molar-refractivity contribution in [3.05, 3.63) is 78.1 Å². The monoisotopic (exact) mass is 574 g/mol. The van der Waals surface area contributed by atoms with Gasteiger partial charge >= 0.3 is 6.03 Å². The van der Waals surface area contributed by atoms with Gasteiger partial charge in [-0.25, -0.2) is 22.2 Å². The van der Waals surface area contributed by atoms with Crippen LogP contribution in [-0.2, 0) is 16.6 Å². The number of hydrogen-bond donors (Lipinski definition) is 0. The number of carbonyl (C=O) groups excluding carboxylic acids is 1. The molecule has 1 saturated carbocycles. The minimum Gasteiger partial charge on any atom is -0.493 e. The highest BCUT2D eigenvalue weighted by molar-refractivity contribution is 7.90. The molecule has 0 spiro atoms. The molecule has 2 aromatic heterocycles. The lowest BCUT2D eigenvalue weighted by Gasteiger charge is -2.20. The molecule has 2 amide bonds. The SMILES string of the molecule is COc1ccc(N2CCN(Cc3ccnc4c3ccn4S(=O)(=O)c3ccc(C)cc3)C2=O)cc1OCCCC1CC1. The fraction of sp³-hybridized carbons (Fsp3) is 0.355. The molecule has 0 unspecified atom stereocenters. The van der Waals surface area contributed by atoms with Gasteiger partial charge in [-0.05, 0) is 67.6 Å². The van der Waals surface area contributed by atoms with Crippen LogP contribution in [0.3, 0.4) is 0 Å². The predicted octanol–water partition coefficient (Wildman–Crippen LogP) is 5.60. The van der Waals surface area contributed by atoms with E-state index in [0.717, 1.165) is 29.2 Å². The topological polar surface area (TPSA) is 94.0 Å². The quantitative estimate of drug-likeness (QED) is 0.217. The summed E-state index contributed by atoms with van der Waals surface area (Å²) in [4.78, 5) is 21.6. The number of urea groups is 1. The lowest BCUT2D eigenvalue weighted by molar-refractivity contribution is 0.219. The highest BCUT2D eigenvalue weighted by Crippen LogP contribution is 2.36. The van der Waals surface area contributed by atoms with Crippen LogP contribution < -0.4 is 14.4 Å². The van der Waals surface area contributed by atoms with Crippen LogP contribution in [0.1, 0.15) is 36.8 Å². The third-order valence-electron chi connectivity index (χ3n) is 7.85. The Balaban J connectivity index is 1.19. The summed E-state index contributed by atoms with van der Waals surface area (Å²) in [5.74, 6) is 2.14. The Morgan fingerprint density at radius 1 is 1.00 bits per heavy atom. The van der Waals surface area contributed by atoms with Gasteiger partial charge in [0, 0.05) is 49.2 Å². The van der Waals surface area contributed by atoms with E-state index in [4.69, 9.17) is 9.47 Å². The van der Waals surface area contributed by atoms with E-state index >= 15 is 0 Å². The summed E-state index contributed by atoms with van der Waals surface area (Å²) in [7, 11) is -2.20. The third kappa shape index (κ3) is 5.48. The summed E-state index contributed by atoms with van der Waals surface area (Å²) in [5, 5.41) is 0.695. The second-order valence-electron chi connectivity index (χ2n) is 10.8. The van der Waals surface area contributed by atoms with Crippen LogP contribution in [0.4, 0.5) is 10.5 Å². The summed E-state index contributed by atoms with van der Waals surface area (Å²) >= 11 is 0. The van der Waals surface area contributed by atoms with Gasteiger partial charge in [-0.15, -0.1) is 0 Å². The van der Waals surface area contributed by atoms with E-state index in [-0.39, 0.29) is 10.9 Å². The van der Waals surface area contributed by atoms with Crippen LogP contribution in [0, 0.1) is 12.8 Å².